The highest BCUT2D eigenvalue weighted by Crippen LogP contribution is 2.31. The van der Waals surface area contributed by atoms with Gasteiger partial charge in [0.1, 0.15) is 5.69 Å². The lowest BCUT2D eigenvalue weighted by Crippen LogP contribution is -2.25. The fourth-order valence-electron chi connectivity index (χ4n) is 3.35. The first-order chi connectivity index (χ1) is 12.3. The smallest absolute Gasteiger partial charge is 0.253 e. The van der Waals surface area contributed by atoms with Crippen LogP contribution in [0.2, 0.25) is 0 Å². The molecule has 0 spiro atoms. The summed E-state index contributed by atoms with van der Waals surface area (Å²) in [5.41, 5.74) is 3.56. The number of fused-ring (bicyclic) bond motifs is 1. The molecular weight excluding hydrogens is 312 g/mol. The highest BCUT2D eigenvalue weighted by atomic mass is 16.1. The van der Waals surface area contributed by atoms with Crippen LogP contribution in [0.3, 0.4) is 0 Å². The molecule has 1 amide bonds. The molecule has 5 rings (SSSR count). The molecular formula is C20H22N4O. The van der Waals surface area contributed by atoms with Gasteiger partial charge in [-0.05, 0) is 61.8 Å². The summed E-state index contributed by atoms with van der Waals surface area (Å²) >= 11 is 0. The Kier molecular flexibility index (Phi) is 3.40. The molecule has 25 heavy (non-hydrogen) atoms. The lowest BCUT2D eigenvalue weighted by Gasteiger charge is -2.03. The first kappa shape index (κ1) is 14.8. The van der Waals surface area contributed by atoms with Crippen molar-refractivity contribution < 1.29 is 4.79 Å². The van der Waals surface area contributed by atoms with E-state index in [0.29, 0.717) is 5.92 Å². The fourth-order valence-corrected chi connectivity index (χ4v) is 3.35. The quantitative estimate of drug-likeness (QED) is 0.751. The Morgan fingerprint density at radius 2 is 1.96 bits per heavy atom. The van der Waals surface area contributed by atoms with E-state index in [0.717, 1.165) is 41.5 Å². The van der Waals surface area contributed by atoms with Crippen LogP contribution in [0.25, 0.3) is 16.9 Å². The summed E-state index contributed by atoms with van der Waals surface area (Å²) in [7, 11) is 0. The predicted octanol–water partition coefficient (Wildman–Crippen LogP) is 3.35. The molecule has 2 fully saturated rings. The third-order valence-corrected chi connectivity index (χ3v) is 5.21. The van der Waals surface area contributed by atoms with E-state index in [1.165, 1.54) is 25.7 Å². The van der Waals surface area contributed by atoms with Gasteiger partial charge in [0.25, 0.3) is 5.91 Å². The Morgan fingerprint density at radius 3 is 2.76 bits per heavy atom. The van der Waals surface area contributed by atoms with Crippen LogP contribution < -0.4 is 5.32 Å². The van der Waals surface area contributed by atoms with Gasteiger partial charge in [0.05, 0.1) is 16.8 Å². The minimum Gasteiger partial charge on any atom is -0.352 e. The normalized spacial score (nSPS) is 17.1. The summed E-state index contributed by atoms with van der Waals surface area (Å²) < 4.78 is 4.10. The van der Waals surface area contributed by atoms with Gasteiger partial charge in [0.2, 0.25) is 0 Å². The van der Waals surface area contributed by atoms with Crippen LogP contribution in [-0.2, 0) is 6.54 Å². The Bertz CT molecular complexity index is 930. The maximum Gasteiger partial charge on any atom is 0.253 e. The molecule has 0 aromatic carbocycles. The molecule has 2 aliphatic rings. The second-order valence-electron chi connectivity index (χ2n) is 7.42. The van der Waals surface area contributed by atoms with Crippen LogP contribution in [0.4, 0.5) is 0 Å². The van der Waals surface area contributed by atoms with Crippen molar-refractivity contribution >= 4 is 11.4 Å². The summed E-state index contributed by atoms with van der Waals surface area (Å²) in [5.74, 6) is 1.48. The van der Waals surface area contributed by atoms with Crippen molar-refractivity contribution in [3.8, 4) is 11.4 Å². The number of nitrogens with zero attached hydrogens (tertiary/aromatic N) is 3. The molecule has 0 saturated heterocycles. The van der Waals surface area contributed by atoms with Crippen LogP contribution in [0.1, 0.15) is 36.0 Å². The van der Waals surface area contributed by atoms with Gasteiger partial charge < -0.3 is 9.72 Å². The minimum absolute atomic E-state index is 0.0132. The molecule has 0 unspecified atom stereocenters. The molecule has 3 heterocycles. The Labute approximate surface area is 146 Å². The van der Waals surface area contributed by atoms with Crippen molar-refractivity contribution in [1.82, 2.24) is 19.5 Å². The van der Waals surface area contributed by atoms with E-state index < -0.39 is 0 Å². The van der Waals surface area contributed by atoms with Crippen molar-refractivity contribution in [2.75, 3.05) is 6.54 Å². The van der Waals surface area contributed by atoms with Crippen LogP contribution in [-0.4, -0.2) is 26.6 Å². The zero-order valence-electron chi connectivity index (χ0n) is 14.2. The lowest BCUT2D eigenvalue weighted by atomic mass is 10.2. The van der Waals surface area contributed by atoms with Crippen LogP contribution in [0.5, 0.6) is 0 Å². The van der Waals surface area contributed by atoms with Gasteiger partial charge in [0.15, 0.2) is 0 Å². The molecule has 3 aromatic rings. The van der Waals surface area contributed by atoms with Crippen molar-refractivity contribution in [3.05, 3.63) is 48.3 Å². The van der Waals surface area contributed by atoms with E-state index in [1.54, 1.807) is 0 Å². The molecule has 0 atom stereocenters. The molecule has 5 heteroatoms. The molecule has 1 N–H and O–H groups in total. The standard InChI is InChI=1S/C20H22N4O/c25-20(21-12-14-4-5-14)16-11-19(24-9-2-1-3-18(16)24)17-8-10-23(22-17)13-15-6-7-15/h1-3,8-11,14-15H,4-7,12-13H2,(H,21,25). The zero-order chi connectivity index (χ0) is 16.8. The number of aromatic nitrogens is 3. The number of pyridine rings is 1. The number of carbonyl (C=O) groups is 1. The Balaban J connectivity index is 1.49. The number of rotatable bonds is 6. The number of hydrogen-bond acceptors (Lipinski definition) is 2. The molecule has 2 saturated carbocycles. The Morgan fingerprint density at radius 1 is 1.12 bits per heavy atom. The van der Waals surface area contributed by atoms with Crippen molar-refractivity contribution in [2.24, 2.45) is 11.8 Å². The maximum atomic E-state index is 12.6. The maximum absolute atomic E-state index is 12.6. The number of amides is 1. The number of hydrogen-bond donors (Lipinski definition) is 1. The average Bonchev–Trinajstić information content (AvgIpc) is 3.53. The van der Waals surface area contributed by atoms with E-state index in [1.807, 2.05) is 47.4 Å². The van der Waals surface area contributed by atoms with Crippen molar-refractivity contribution in [1.29, 1.82) is 0 Å². The first-order valence-corrected chi connectivity index (χ1v) is 9.20. The number of nitrogens with one attached hydrogen (secondary N) is 1. The second kappa shape index (κ2) is 5.76. The average molecular weight is 334 g/mol. The van der Waals surface area contributed by atoms with E-state index in [4.69, 9.17) is 5.10 Å². The summed E-state index contributed by atoms with van der Waals surface area (Å²) in [6, 6.07) is 9.98. The predicted molar refractivity (Wildman–Crippen MR) is 96.4 cm³/mol. The van der Waals surface area contributed by atoms with E-state index >= 15 is 0 Å². The molecule has 3 aromatic heterocycles. The summed E-state index contributed by atoms with van der Waals surface area (Å²) in [5, 5.41) is 7.81. The van der Waals surface area contributed by atoms with Crippen molar-refractivity contribution in [3.63, 3.8) is 0 Å². The monoisotopic (exact) mass is 334 g/mol. The Hall–Kier alpha value is -2.56. The fraction of sp³-hybridized carbons (Fsp3) is 0.400. The van der Waals surface area contributed by atoms with Gasteiger partial charge in [-0.15, -0.1) is 0 Å². The van der Waals surface area contributed by atoms with E-state index in [2.05, 4.69) is 9.72 Å². The molecule has 0 bridgehead atoms. The SMILES string of the molecule is O=C(NCC1CC1)c1cc(-c2ccn(CC3CC3)n2)n2ccccc12. The highest BCUT2D eigenvalue weighted by molar-refractivity contribution is 6.02. The molecule has 2 aliphatic carbocycles. The van der Waals surface area contributed by atoms with E-state index in [9.17, 15) is 4.79 Å². The van der Waals surface area contributed by atoms with Gasteiger partial charge in [-0.1, -0.05) is 6.07 Å². The van der Waals surface area contributed by atoms with Gasteiger partial charge in [0, 0.05) is 25.5 Å². The third kappa shape index (κ3) is 2.95. The van der Waals surface area contributed by atoms with Gasteiger partial charge in [-0.25, -0.2) is 0 Å². The van der Waals surface area contributed by atoms with Crippen LogP contribution in [0.15, 0.2) is 42.7 Å². The third-order valence-electron chi connectivity index (χ3n) is 5.21. The van der Waals surface area contributed by atoms with Crippen molar-refractivity contribution in [2.45, 2.75) is 32.2 Å². The first-order valence-electron chi connectivity index (χ1n) is 9.20. The summed E-state index contributed by atoms with van der Waals surface area (Å²) in [4.78, 5) is 12.6. The zero-order valence-corrected chi connectivity index (χ0v) is 14.2. The summed E-state index contributed by atoms with van der Waals surface area (Å²) in [6.07, 6.45) is 9.15. The molecule has 0 radical (unpaired) electrons. The van der Waals surface area contributed by atoms with Gasteiger partial charge in [-0.2, -0.15) is 5.10 Å². The molecule has 5 nitrogen and oxygen atoms in total. The number of carbonyl (C=O) groups excluding carboxylic acids is 1. The van der Waals surface area contributed by atoms with E-state index in [-0.39, 0.29) is 5.91 Å². The molecule has 128 valence electrons. The second-order valence-corrected chi connectivity index (χ2v) is 7.42. The topological polar surface area (TPSA) is 51.3 Å². The lowest BCUT2D eigenvalue weighted by molar-refractivity contribution is 0.0953. The van der Waals surface area contributed by atoms with Gasteiger partial charge >= 0.3 is 0 Å². The molecule has 0 aliphatic heterocycles. The van der Waals surface area contributed by atoms with Gasteiger partial charge in [-0.3, -0.25) is 9.48 Å². The highest BCUT2D eigenvalue weighted by Gasteiger charge is 2.24. The van der Waals surface area contributed by atoms with Crippen LogP contribution in [0, 0.1) is 11.8 Å². The minimum atomic E-state index is 0.0132. The van der Waals surface area contributed by atoms with Crippen LogP contribution >= 0.6 is 0 Å². The summed E-state index contributed by atoms with van der Waals surface area (Å²) in [6.45, 7) is 1.78. The largest absolute Gasteiger partial charge is 0.352 e.